The highest BCUT2D eigenvalue weighted by molar-refractivity contribution is 6.31. The van der Waals surface area contributed by atoms with Crippen LogP contribution >= 0.6 is 23.2 Å². The van der Waals surface area contributed by atoms with Crippen molar-refractivity contribution in [1.82, 2.24) is 0 Å². The van der Waals surface area contributed by atoms with Crippen molar-refractivity contribution in [3.63, 3.8) is 0 Å². The average molecular weight is 245 g/mol. The summed E-state index contributed by atoms with van der Waals surface area (Å²) in [7, 11) is 0. The molecule has 0 radical (unpaired) electrons. The van der Waals surface area contributed by atoms with E-state index in [0.29, 0.717) is 29.4 Å². The Balaban J connectivity index is 2.37. The summed E-state index contributed by atoms with van der Waals surface area (Å²) >= 11 is 11.8. The second kappa shape index (κ2) is 3.91. The molecule has 1 amide bonds. The van der Waals surface area contributed by atoms with Crippen molar-refractivity contribution in [3.05, 3.63) is 23.2 Å². The Labute approximate surface area is 97.8 Å². The van der Waals surface area contributed by atoms with Gasteiger partial charge in [-0.05, 0) is 18.2 Å². The van der Waals surface area contributed by atoms with E-state index in [2.05, 4.69) is 0 Å². The number of hydrogen-bond acceptors (Lipinski definition) is 2. The summed E-state index contributed by atoms with van der Waals surface area (Å²) in [6.07, 6.45) is 0.355. The predicted octanol–water partition coefficient (Wildman–Crippen LogP) is 2.27. The summed E-state index contributed by atoms with van der Waals surface area (Å²) in [6.45, 7) is 0.491. The molecule has 1 aliphatic heterocycles. The van der Waals surface area contributed by atoms with Crippen LogP contribution < -0.4 is 10.6 Å². The van der Waals surface area contributed by atoms with E-state index in [1.54, 1.807) is 23.1 Å². The van der Waals surface area contributed by atoms with Gasteiger partial charge in [-0.3, -0.25) is 4.79 Å². The molecule has 0 spiro atoms. The lowest BCUT2D eigenvalue weighted by Gasteiger charge is -2.18. The number of halogens is 2. The van der Waals surface area contributed by atoms with Crippen LogP contribution in [0.25, 0.3) is 0 Å². The minimum atomic E-state index is -0.143. The summed E-state index contributed by atoms with van der Waals surface area (Å²) in [5.41, 5.74) is 6.97. The van der Waals surface area contributed by atoms with Gasteiger partial charge in [0.2, 0.25) is 5.91 Å². The van der Waals surface area contributed by atoms with E-state index >= 15 is 0 Å². The molecule has 0 bridgehead atoms. The number of amides is 1. The van der Waals surface area contributed by atoms with Crippen molar-refractivity contribution in [1.29, 1.82) is 0 Å². The standard InChI is InChI=1S/C10H10Cl2N2O/c11-6-1-2-8(13)9(3-6)14-5-7(12)4-10(14)15/h1-3,7H,4-5,13H2. The highest BCUT2D eigenvalue weighted by atomic mass is 35.5. The first kappa shape index (κ1) is 10.6. The molecule has 1 saturated heterocycles. The zero-order chi connectivity index (χ0) is 11.0. The molecule has 1 unspecified atom stereocenters. The Morgan fingerprint density at radius 2 is 2.20 bits per heavy atom. The van der Waals surface area contributed by atoms with E-state index in [4.69, 9.17) is 28.9 Å². The molecule has 1 fully saturated rings. The van der Waals surface area contributed by atoms with Crippen LogP contribution in [0.2, 0.25) is 5.02 Å². The molecule has 80 valence electrons. The van der Waals surface area contributed by atoms with E-state index < -0.39 is 0 Å². The molecule has 2 rings (SSSR count). The fourth-order valence-corrected chi connectivity index (χ4v) is 2.08. The second-order valence-corrected chi connectivity index (χ2v) is 4.56. The highest BCUT2D eigenvalue weighted by Crippen LogP contribution is 2.31. The molecule has 1 aromatic carbocycles. The van der Waals surface area contributed by atoms with Crippen molar-refractivity contribution in [2.24, 2.45) is 0 Å². The third-order valence-electron chi connectivity index (χ3n) is 2.36. The maximum absolute atomic E-state index is 11.6. The largest absolute Gasteiger partial charge is 0.397 e. The molecule has 15 heavy (non-hydrogen) atoms. The Morgan fingerprint density at radius 3 is 2.80 bits per heavy atom. The lowest BCUT2D eigenvalue weighted by Crippen LogP contribution is -2.25. The number of hydrogen-bond donors (Lipinski definition) is 1. The van der Waals surface area contributed by atoms with Crippen molar-refractivity contribution >= 4 is 40.5 Å². The van der Waals surface area contributed by atoms with Crippen LogP contribution in [0, 0.1) is 0 Å². The zero-order valence-electron chi connectivity index (χ0n) is 7.91. The molecule has 1 aliphatic rings. The summed E-state index contributed by atoms with van der Waals surface area (Å²) in [5, 5.41) is 0.418. The molecule has 1 atom stereocenters. The summed E-state index contributed by atoms with van der Waals surface area (Å²) in [6, 6.07) is 5.06. The summed E-state index contributed by atoms with van der Waals surface area (Å²) < 4.78 is 0. The van der Waals surface area contributed by atoms with Gasteiger partial charge in [-0.15, -0.1) is 11.6 Å². The van der Waals surface area contributed by atoms with Crippen molar-refractivity contribution < 1.29 is 4.79 Å². The van der Waals surface area contributed by atoms with Gasteiger partial charge in [0.25, 0.3) is 0 Å². The van der Waals surface area contributed by atoms with Gasteiger partial charge in [-0.1, -0.05) is 11.6 Å². The van der Waals surface area contributed by atoms with E-state index in [1.807, 2.05) is 0 Å². The van der Waals surface area contributed by atoms with Crippen molar-refractivity contribution in [2.75, 3.05) is 17.2 Å². The molecule has 0 saturated carbocycles. The van der Waals surface area contributed by atoms with Crippen LogP contribution in [-0.2, 0) is 4.79 Å². The van der Waals surface area contributed by atoms with Gasteiger partial charge in [0.15, 0.2) is 0 Å². The molecular formula is C10H10Cl2N2O. The Hall–Kier alpha value is -0.930. The number of carbonyl (C=O) groups is 1. The lowest BCUT2D eigenvalue weighted by molar-refractivity contribution is -0.117. The minimum absolute atomic E-state index is 0.0102. The molecule has 2 N–H and O–H groups in total. The number of anilines is 2. The van der Waals surface area contributed by atoms with Gasteiger partial charge in [0.1, 0.15) is 0 Å². The molecule has 5 heteroatoms. The number of nitrogens with zero attached hydrogens (tertiary/aromatic N) is 1. The van der Waals surface area contributed by atoms with Crippen LogP contribution in [0.4, 0.5) is 11.4 Å². The normalized spacial score (nSPS) is 21.1. The molecule has 0 aliphatic carbocycles. The van der Waals surface area contributed by atoms with E-state index in [9.17, 15) is 4.79 Å². The third-order valence-corrected chi connectivity index (χ3v) is 2.89. The Kier molecular flexibility index (Phi) is 2.76. The fraction of sp³-hybridized carbons (Fsp3) is 0.300. The van der Waals surface area contributed by atoms with Crippen molar-refractivity contribution in [3.8, 4) is 0 Å². The lowest BCUT2D eigenvalue weighted by atomic mass is 10.2. The summed E-state index contributed by atoms with van der Waals surface area (Å²) in [4.78, 5) is 13.2. The fourth-order valence-electron chi connectivity index (χ4n) is 1.65. The number of nitrogens with two attached hydrogens (primary N) is 1. The minimum Gasteiger partial charge on any atom is -0.397 e. The van der Waals surface area contributed by atoms with Crippen molar-refractivity contribution in [2.45, 2.75) is 11.8 Å². The maximum Gasteiger partial charge on any atom is 0.228 e. The quantitative estimate of drug-likeness (QED) is 0.609. The van der Waals surface area contributed by atoms with Gasteiger partial charge in [0.05, 0.1) is 16.8 Å². The van der Waals surface area contributed by atoms with Crippen LogP contribution in [0.15, 0.2) is 18.2 Å². The topological polar surface area (TPSA) is 46.3 Å². The number of rotatable bonds is 1. The third kappa shape index (κ3) is 2.03. The first-order chi connectivity index (χ1) is 7.08. The second-order valence-electron chi connectivity index (χ2n) is 3.51. The van der Waals surface area contributed by atoms with Crippen LogP contribution in [0.3, 0.4) is 0 Å². The maximum atomic E-state index is 11.6. The predicted molar refractivity (Wildman–Crippen MR) is 62.5 cm³/mol. The SMILES string of the molecule is Nc1ccc(Cl)cc1N1CC(Cl)CC1=O. The van der Waals surface area contributed by atoms with E-state index in [1.165, 1.54) is 0 Å². The van der Waals surface area contributed by atoms with Gasteiger partial charge < -0.3 is 10.6 Å². The highest BCUT2D eigenvalue weighted by Gasteiger charge is 2.30. The van der Waals surface area contributed by atoms with Gasteiger partial charge in [0, 0.05) is 18.0 Å². The van der Waals surface area contributed by atoms with E-state index in [-0.39, 0.29) is 11.3 Å². The van der Waals surface area contributed by atoms with Gasteiger partial charge in [-0.25, -0.2) is 0 Å². The first-order valence-electron chi connectivity index (χ1n) is 4.57. The van der Waals surface area contributed by atoms with Crippen LogP contribution in [0.1, 0.15) is 6.42 Å². The number of benzene rings is 1. The molecule has 3 nitrogen and oxygen atoms in total. The van der Waals surface area contributed by atoms with Gasteiger partial charge >= 0.3 is 0 Å². The number of nitrogen functional groups attached to an aromatic ring is 1. The molecule has 1 heterocycles. The number of carbonyl (C=O) groups excluding carboxylic acids is 1. The summed E-state index contributed by atoms with van der Waals surface area (Å²) in [5.74, 6) is -0.0102. The van der Waals surface area contributed by atoms with E-state index in [0.717, 1.165) is 0 Å². The number of alkyl halides is 1. The zero-order valence-corrected chi connectivity index (χ0v) is 9.42. The molecule has 1 aromatic rings. The molecule has 0 aromatic heterocycles. The Morgan fingerprint density at radius 1 is 1.47 bits per heavy atom. The first-order valence-corrected chi connectivity index (χ1v) is 5.39. The van der Waals surface area contributed by atoms with Crippen LogP contribution in [-0.4, -0.2) is 17.8 Å². The monoisotopic (exact) mass is 244 g/mol. The Bertz CT molecular complexity index is 408. The van der Waals surface area contributed by atoms with Crippen LogP contribution in [0.5, 0.6) is 0 Å². The van der Waals surface area contributed by atoms with Gasteiger partial charge in [-0.2, -0.15) is 0 Å². The average Bonchev–Trinajstić information content (AvgIpc) is 2.50. The smallest absolute Gasteiger partial charge is 0.228 e. The molecular weight excluding hydrogens is 235 g/mol.